The number of hydrogen-bond acceptors (Lipinski definition) is 4. The van der Waals surface area contributed by atoms with E-state index < -0.39 is 11.6 Å². The Balaban J connectivity index is 2.97. The molecule has 0 fully saturated rings. The fourth-order valence-corrected chi connectivity index (χ4v) is 1.02. The first-order chi connectivity index (χ1) is 6.65. The molecule has 1 heterocycles. The number of alkyl halides is 1. The molecule has 0 saturated carbocycles. The molecule has 0 aliphatic rings. The monoisotopic (exact) mass is 219 g/mol. The van der Waals surface area contributed by atoms with Crippen LogP contribution in [-0.4, -0.2) is 23.1 Å². The molecule has 0 bridgehead atoms. The molecule has 7 heteroatoms. The van der Waals surface area contributed by atoms with Gasteiger partial charge in [0, 0.05) is 12.6 Å². The number of nitrogens with one attached hydrogen (secondary N) is 1. The van der Waals surface area contributed by atoms with Crippen molar-refractivity contribution >= 4 is 23.1 Å². The third kappa shape index (κ3) is 2.53. The van der Waals surface area contributed by atoms with Gasteiger partial charge in [-0.1, -0.05) is 11.6 Å². The van der Waals surface area contributed by atoms with Crippen LogP contribution in [-0.2, 0) is 0 Å². The normalized spacial score (nSPS) is 9.86. The number of aromatic nitrogens is 1. The van der Waals surface area contributed by atoms with Crippen molar-refractivity contribution < 1.29 is 9.31 Å². The van der Waals surface area contributed by atoms with E-state index in [0.29, 0.717) is 0 Å². The van der Waals surface area contributed by atoms with Crippen LogP contribution in [0.5, 0.6) is 0 Å². The molecule has 0 radical (unpaired) electrons. The zero-order chi connectivity index (χ0) is 10.6. The highest BCUT2D eigenvalue weighted by Gasteiger charge is 2.14. The van der Waals surface area contributed by atoms with Crippen molar-refractivity contribution in [3.8, 4) is 0 Å². The summed E-state index contributed by atoms with van der Waals surface area (Å²) in [5.74, 6) is -0.0137. The van der Waals surface area contributed by atoms with Crippen LogP contribution in [0, 0.1) is 10.1 Å². The van der Waals surface area contributed by atoms with E-state index in [-0.39, 0.29) is 23.2 Å². The fourth-order valence-electron chi connectivity index (χ4n) is 0.871. The van der Waals surface area contributed by atoms with Crippen molar-refractivity contribution in [2.45, 2.75) is 0 Å². The molecule has 0 spiro atoms. The Morgan fingerprint density at radius 1 is 1.64 bits per heavy atom. The van der Waals surface area contributed by atoms with Gasteiger partial charge in [-0.15, -0.1) is 0 Å². The number of anilines is 1. The van der Waals surface area contributed by atoms with Crippen LogP contribution in [0.1, 0.15) is 0 Å². The smallest absolute Gasteiger partial charge is 0.311 e. The summed E-state index contributed by atoms with van der Waals surface area (Å²) in [6.07, 6.45) is 0. The zero-order valence-electron chi connectivity index (χ0n) is 7.04. The second kappa shape index (κ2) is 4.71. The second-order valence-corrected chi connectivity index (χ2v) is 2.76. The van der Waals surface area contributed by atoms with E-state index in [1.807, 2.05) is 0 Å². The minimum atomic E-state index is -0.634. The Kier molecular flexibility index (Phi) is 3.58. The van der Waals surface area contributed by atoms with E-state index in [0.717, 1.165) is 0 Å². The molecule has 0 aliphatic heterocycles. The molecule has 1 aromatic rings. The van der Waals surface area contributed by atoms with Crippen molar-refractivity contribution in [1.29, 1.82) is 0 Å². The van der Waals surface area contributed by atoms with E-state index in [1.165, 1.54) is 12.1 Å². The van der Waals surface area contributed by atoms with E-state index in [9.17, 15) is 14.5 Å². The topological polar surface area (TPSA) is 68.1 Å². The summed E-state index contributed by atoms with van der Waals surface area (Å²) < 4.78 is 11.8. The van der Waals surface area contributed by atoms with E-state index in [2.05, 4.69) is 10.3 Å². The van der Waals surface area contributed by atoms with Gasteiger partial charge in [-0.2, -0.15) is 0 Å². The van der Waals surface area contributed by atoms with Crippen LogP contribution in [0.2, 0.25) is 5.15 Å². The van der Waals surface area contributed by atoms with Crippen LogP contribution in [0.3, 0.4) is 0 Å². The number of pyridine rings is 1. The molecule has 1 N–H and O–H groups in total. The van der Waals surface area contributed by atoms with Crippen molar-refractivity contribution in [1.82, 2.24) is 4.98 Å². The largest absolute Gasteiger partial charge is 0.362 e. The Morgan fingerprint density at radius 2 is 2.36 bits per heavy atom. The Morgan fingerprint density at radius 3 is 2.93 bits per heavy atom. The van der Waals surface area contributed by atoms with Crippen molar-refractivity contribution in [2.75, 3.05) is 18.5 Å². The average Bonchev–Trinajstić information content (AvgIpc) is 2.14. The molecule has 0 amide bonds. The highest BCUT2D eigenvalue weighted by Crippen LogP contribution is 2.23. The number of halogens is 2. The molecular weight excluding hydrogens is 213 g/mol. The lowest BCUT2D eigenvalue weighted by Gasteiger charge is -2.03. The number of nitro groups is 1. The van der Waals surface area contributed by atoms with Gasteiger partial charge in [0.2, 0.25) is 5.82 Å². The summed E-state index contributed by atoms with van der Waals surface area (Å²) in [5, 5.41) is 13.1. The van der Waals surface area contributed by atoms with E-state index in [4.69, 9.17) is 11.6 Å². The van der Waals surface area contributed by atoms with Gasteiger partial charge in [-0.05, 0) is 6.07 Å². The van der Waals surface area contributed by atoms with Gasteiger partial charge >= 0.3 is 5.69 Å². The third-order valence-electron chi connectivity index (χ3n) is 1.42. The van der Waals surface area contributed by atoms with Gasteiger partial charge in [-0.3, -0.25) is 10.1 Å². The van der Waals surface area contributed by atoms with Crippen LogP contribution < -0.4 is 5.32 Å². The highest BCUT2D eigenvalue weighted by atomic mass is 35.5. The van der Waals surface area contributed by atoms with Gasteiger partial charge in [0.05, 0.1) is 4.92 Å². The lowest BCUT2D eigenvalue weighted by atomic mass is 10.4. The predicted octanol–water partition coefficient (Wildman–Crippen LogP) is 2.02. The number of hydrogen-bond donors (Lipinski definition) is 1. The van der Waals surface area contributed by atoms with Crippen molar-refractivity contribution in [2.24, 2.45) is 0 Å². The minimum absolute atomic E-state index is 0.0137. The first-order valence-corrected chi connectivity index (χ1v) is 4.13. The lowest BCUT2D eigenvalue weighted by molar-refractivity contribution is -0.384. The molecule has 1 rings (SSSR count). The Bertz CT molecular complexity index is 348. The maximum Gasteiger partial charge on any atom is 0.311 e. The standard InChI is InChI=1S/C7H7ClFN3O2/c8-6-2-1-5(12(13)14)7(11-6)10-4-3-9/h1-2H,3-4H2,(H,10,11). The van der Waals surface area contributed by atoms with Crippen molar-refractivity contribution in [3.63, 3.8) is 0 Å². The lowest BCUT2D eigenvalue weighted by Crippen LogP contribution is -2.07. The summed E-state index contributed by atoms with van der Waals surface area (Å²) >= 11 is 5.53. The van der Waals surface area contributed by atoms with Gasteiger partial charge in [-0.25, -0.2) is 9.37 Å². The Hall–Kier alpha value is -1.43. The fraction of sp³-hybridized carbons (Fsp3) is 0.286. The second-order valence-electron chi connectivity index (χ2n) is 2.37. The van der Waals surface area contributed by atoms with E-state index >= 15 is 0 Å². The molecule has 1 aromatic heterocycles. The summed E-state index contributed by atoms with van der Waals surface area (Å²) in [7, 11) is 0. The molecular formula is C7H7ClFN3O2. The molecule has 0 atom stereocenters. The maximum atomic E-state index is 11.8. The molecule has 76 valence electrons. The van der Waals surface area contributed by atoms with Crippen molar-refractivity contribution in [3.05, 3.63) is 27.4 Å². The number of nitrogens with zero attached hydrogens (tertiary/aromatic N) is 2. The highest BCUT2D eigenvalue weighted by molar-refractivity contribution is 6.29. The number of rotatable bonds is 4. The summed E-state index contributed by atoms with van der Waals surface area (Å²) in [4.78, 5) is 13.6. The molecule has 14 heavy (non-hydrogen) atoms. The maximum absolute atomic E-state index is 11.8. The first-order valence-electron chi connectivity index (χ1n) is 3.76. The molecule has 5 nitrogen and oxygen atoms in total. The van der Waals surface area contributed by atoms with E-state index in [1.54, 1.807) is 0 Å². The molecule has 0 unspecified atom stereocenters. The zero-order valence-corrected chi connectivity index (χ0v) is 7.79. The summed E-state index contributed by atoms with van der Waals surface area (Å²) in [6.45, 7) is -0.667. The van der Waals surface area contributed by atoms with Crippen LogP contribution in [0.15, 0.2) is 12.1 Å². The molecule has 0 saturated heterocycles. The molecule has 0 aliphatic carbocycles. The third-order valence-corrected chi connectivity index (χ3v) is 1.63. The first kappa shape index (κ1) is 10.6. The van der Waals surface area contributed by atoms with Crippen LogP contribution in [0.25, 0.3) is 0 Å². The van der Waals surface area contributed by atoms with Gasteiger partial charge in [0.15, 0.2) is 0 Å². The van der Waals surface area contributed by atoms with Gasteiger partial charge < -0.3 is 5.32 Å². The van der Waals surface area contributed by atoms with Crippen LogP contribution >= 0.6 is 11.6 Å². The van der Waals surface area contributed by atoms with Crippen LogP contribution in [0.4, 0.5) is 15.9 Å². The average molecular weight is 220 g/mol. The molecule has 0 aromatic carbocycles. The minimum Gasteiger partial charge on any atom is -0.362 e. The summed E-state index contributed by atoms with van der Waals surface area (Å²) in [5.41, 5.74) is -0.220. The quantitative estimate of drug-likeness (QED) is 0.478. The SMILES string of the molecule is O=[N+]([O-])c1ccc(Cl)nc1NCCF. The summed E-state index contributed by atoms with van der Waals surface area (Å²) in [6, 6.07) is 2.52. The van der Waals surface area contributed by atoms with Gasteiger partial charge in [0.1, 0.15) is 11.8 Å². The van der Waals surface area contributed by atoms with Gasteiger partial charge in [0.25, 0.3) is 0 Å². The predicted molar refractivity (Wildman–Crippen MR) is 50.4 cm³/mol. The Labute approximate surface area is 84.1 Å².